The minimum absolute atomic E-state index is 0.117. The number of halogens is 1. The van der Waals surface area contributed by atoms with Crippen LogP contribution in [0.15, 0.2) is 24.3 Å². The summed E-state index contributed by atoms with van der Waals surface area (Å²) in [5.74, 6) is 0. The SMILES string of the molecule is Cc1ccccc1N(C)C1CO[C](F)C1. The number of anilines is 1. The molecule has 1 saturated heterocycles. The van der Waals surface area contributed by atoms with Crippen LogP contribution in [0.1, 0.15) is 12.0 Å². The highest BCUT2D eigenvalue weighted by Gasteiger charge is 2.30. The van der Waals surface area contributed by atoms with E-state index in [-0.39, 0.29) is 12.4 Å². The van der Waals surface area contributed by atoms with Gasteiger partial charge in [0.25, 0.3) is 6.36 Å². The van der Waals surface area contributed by atoms with Gasteiger partial charge in [-0.1, -0.05) is 18.2 Å². The van der Waals surface area contributed by atoms with Gasteiger partial charge in [-0.3, -0.25) is 0 Å². The number of likely N-dealkylation sites (N-methyl/N-ethyl adjacent to an activating group) is 1. The monoisotopic (exact) mass is 208 g/mol. The molecular weight excluding hydrogens is 193 g/mol. The fourth-order valence-electron chi connectivity index (χ4n) is 1.89. The van der Waals surface area contributed by atoms with Gasteiger partial charge in [0.15, 0.2) is 0 Å². The third-order valence-corrected chi connectivity index (χ3v) is 2.87. The first kappa shape index (κ1) is 10.4. The maximum atomic E-state index is 12.8. The molecule has 1 aliphatic rings. The molecular formula is C12H15FNO. The van der Waals surface area contributed by atoms with Gasteiger partial charge in [-0.25, -0.2) is 4.39 Å². The van der Waals surface area contributed by atoms with Crippen molar-refractivity contribution in [2.75, 3.05) is 18.6 Å². The molecule has 15 heavy (non-hydrogen) atoms. The minimum atomic E-state index is -0.347. The van der Waals surface area contributed by atoms with Gasteiger partial charge in [-0.2, -0.15) is 0 Å². The van der Waals surface area contributed by atoms with Gasteiger partial charge in [-0.15, -0.1) is 0 Å². The van der Waals surface area contributed by atoms with Crippen molar-refractivity contribution in [1.82, 2.24) is 0 Å². The molecule has 1 unspecified atom stereocenters. The number of aryl methyl sites for hydroxylation is 1. The van der Waals surface area contributed by atoms with E-state index in [2.05, 4.69) is 17.9 Å². The van der Waals surface area contributed by atoms with E-state index in [1.165, 1.54) is 5.56 Å². The van der Waals surface area contributed by atoms with Crippen molar-refractivity contribution in [2.24, 2.45) is 0 Å². The highest BCUT2D eigenvalue weighted by Crippen LogP contribution is 2.29. The molecule has 1 aromatic carbocycles. The van der Waals surface area contributed by atoms with Gasteiger partial charge in [0.05, 0.1) is 12.6 Å². The summed E-state index contributed by atoms with van der Waals surface area (Å²) in [4.78, 5) is 2.09. The summed E-state index contributed by atoms with van der Waals surface area (Å²) >= 11 is 0. The minimum Gasteiger partial charge on any atom is -0.369 e. The van der Waals surface area contributed by atoms with E-state index in [1.54, 1.807) is 0 Å². The van der Waals surface area contributed by atoms with Gasteiger partial charge in [0, 0.05) is 19.2 Å². The number of hydrogen-bond donors (Lipinski definition) is 0. The van der Waals surface area contributed by atoms with Crippen molar-refractivity contribution in [1.29, 1.82) is 0 Å². The van der Waals surface area contributed by atoms with Crippen LogP contribution in [-0.2, 0) is 4.74 Å². The van der Waals surface area contributed by atoms with Crippen LogP contribution in [0.5, 0.6) is 0 Å². The predicted molar refractivity (Wildman–Crippen MR) is 58.3 cm³/mol. The lowest BCUT2D eigenvalue weighted by atomic mass is 10.1. The second-order valence-electron chi connectivity index (χ2n) is 3.92. The van der Waals surface area contributed by atoms with Gasteiger partial charge in [0.1, 0.15) is 0 Å². The number of para-hydroxylation sites is 1. The summed E-state index contributed by atoms with van der Waals surface area (Å²) in [6.45, 7) is 2.50. The van der Waals surface area contributed by atoms with E-state index >= 15 is 0 Å². The summed E-state index contributed by atoms with van der Waals surface area (Å²) in [5, 5.41) is 0. The van der Waals surface area contributed by atoms with Gasteiger partial charge >= 0.3 is 0 Å². The van der Waals surface area contributed by atoms with Crippen molar-refractivity contribution in [3.05, 3.63) is 36.2 Å². The molecule has 2 nitrogen and oxygen atoms in total. The summed E-state index contributed by atoms with van der Waals surface area (Å²) < 4.78 is 17.7. The summed E-state index contributed by atoms with van der Waals surface area (Å²) in [5.41, 5.74) is 2.34. The molecule has 1 aromatic rings. The van der Waals surface area contributed by atoms with E-state index in [9.17, 15) is 4.39 Å². The topological polar surface area (TPSA) is 12.5 Å². The lowest BCUT2D eigenvalue weighted by molar-refractivity contribution is 0.110. The Morgan fingerprint density at radius 3 is 2.73 bits per heavy atom. The average molecular weight is 208 g/mol. The van der Waals surface area contributed by atoms with Crippen LogP contribution in [-0.4, -0.2) is 19.7 Å². The number of rotatable bonds is 2. The largest absolute Gasteiger partial charge is 0.369 e. The standard InChI is InChI=1S/C12H15FNO/c1-9-5-3-4-6-11(9)14(2)10-7-12(13)15-8-10/h3-6,10H,7-8H2,1-2H3. The molecule has 0 spiro atoms. The first-order valence-electron chi connectivity index (χ1n) is 5.11. The van der Waals surface area contributed by atoms with Crippen LogP contribution >= 0.6 is 0 Å². The van der Waals surface area contributed by atoms with Crippen molar-refractivity contribution in [3.8, 4) is 0 Å². The number of ether oxygens (including phenoxy) is 1. The molecule has 1 fully saturated rings. The van der Waals surface area contributed by atoms with E-state index in [4.69, 9.17) is 4.74 Å². The van der Waals surface area contributed by atoms with Gasteiger partial charge < -0.3 is 9.64 Å². The van der Waals surface area contributed by atoms with Crippen LogP contribution in [0.3, 0.4) is 0 Å². The van der Waals surface area contributed by atoms with Crippen molar-refractivity contribution in [2.45, 2.75) is 19.4 Å². The molecule has 0 bridgehead atoms. The average Bonchev–Trinajstić information content (AvgIpc) is 2.65. The molecule has 2 rings (SSSR count). The summed E-state index contributed by atoms with van der Waals surface area (Å²) in [7, 11) is 1.98. The van der Waals surface area contributed by atoms with Crippen molar-refractivity contribution in [3.63, 3.8) is 0 Å². The van der Waals surface area contributed by atoms with E-state index in [0.29, 0.717) is 13.0 Å². The number of nitrogens with zero attached hydrogens (tertiary/aromatic N) is 1. The first-order chi connectivity index (χ1) is 7.18. The van der Waals surface area contributed by atoms with Crippen molar-refractivity contribution < 1.29 is 9.13 Å². The maximum Gasteiger partial charge on any atom is 0.270 e. The molecule has 0 aromatic heterocycles. The zero-order valence-corrected chi connectivity index (χ0v) is 9.03. The first-order valence-corrected chi connectivity index (χ1v) is 5.11. The smallest absolute Gasteiger partial charge is 0.270 e. The Bertz CT molecular complexity index is 342. The summed E-state index contributed by atoms with van der Waals surface area (Å²) in [6, 6.07) is 8.22. The van der Waals surface area contributed by atoms with Crippen LogP contribution < -0.4 is 4.90 Å². The summed E-state index contributed by atoms with van der Waals surface area (Å²) in [6.07, 6.45) is 0.0330. The molecule has 0 N–H and O–H groups in total. The Morgan fingerprint density at radius 2 is 2.13 bits per heavy atom. The second kappa shape index (κ2) is 4.19. The number of benzene rings is 1. The molecule has 3 heteroatoms. The molecule has 0 amide bonds. The van der Waals surface area contributed by atoms with Crippen molar-refractivity contribution >= 4 is 5.69 Å². The third kappa shape index (κ3) is 2.12. The fraction of sp³-hybridized carbons (Fsp3) is 0.417. The second-order valence-corrected chi connectivity index (χ2v) is 3.92. The quantitative estimate of drug-likeness (QED) is 0.741. The lowest BCUT2D eigenvalue weighted by Crippen LogP contribution is -2.32. The third-order valence-electron chi connectivity index (χ3n) is 2.87. The highest BCUT2D eigenvalue weighted by molar-refractivity contribution is 5.53. The maximum absolute atomic E-state index is 12.8. The normalized spacial score (nSPS) is 21.9. The molecule has 1 radical (unpaired) electrons. The van der Waals surface area contributed by atoms with E-state index < -0.39 is 0 Å². The Balaban J connectivity index is 2.14. The molecule has 1 aliphatic heterocycles. The molecule has 0 aliphatic carbocycles. The predicted octanol–water partition coefficient (Wildman–Crippen LogP) is 2.68. The van der Waals surface area contributed by atoms with E-state index in [0.717, 1.165) is 5.69 Å². The molecule has 0 saturated carbocycles. The Morgan fingerprint density at radius 1 is 1.40 bits per heavy atom. The molecule has 1 atom stereocenters. The van der Waals surface area contributed by atoms with Crippen LogP contribution in [0.4, 0.5) is 10.1 Å². The molecule has 81 valence electrons. The van der Waals surface area contributed by atoms with Crippen LogP contribution in [0.25, 0.3) is 0 Å². The van der Waals surface area contributed by atoms with Crippen LogP contribution in [0.2, 0.25) is 0 Å². The highest BCUT2D eigenvalue weighted by atomic mass is 19.1. The Labute approximate surface area is 89.7 Å². The fourth-order valence-corrected chi connectivity index (χ4v) is 1.89. The zero-order chi connectivity index (χ0) is 10.8. The zero-order valence-electron chi connectivity index (χ0n) is 9.03. The van der Waals surface area contributed by atoms with Crippen LogP contribution in [0, 0.1) is 13.3 Å². The van der Waals surface area contributed by atoms with Gasteiger partial charge in [0.2, 0.25) is 0 Å². The lowest BCUT2D eigenvalue weighted by Gasteiger charge is -2.26. The Hall–Kier alpha value is -1.09. The Kier molecular flexibility index (Phi) is 2.91. The molecule has 1 heterocycles. The number of hydrogen-bond acceptors (Lipinski definition) is 2. The van der Waals surface area contributed by atoms with E-state index in [1.807, 2.05) is 25.2 Å². The van der Waals surface area contributed by atoms with Gasteiger partial charge in [-0.05, 0) is 18.6 Å².